The zero-order chi connectivity index (χ0) is 22.5. The van der Waals surface area contributed by atoms with Crippen molar-refractivity contribution in [3.63, 3.8) is 0 Å². The van der Waals surface area contributed by atoms with Crippen LogP contribution < -0.4 is 10.7 Å². The van der Waals surface area contributed by atoms with Crippen LogP contribution in [-0.4, -0.2) is 34.4 Å². The molecule has 1 N–H and O–H groups in total. The average Bonchev–Trinajstić information content (AvgIpc) is 3.29. The van der Waals surface area contributed by atoms with Crippen LogP contribution in [0.5, 0.6) is 0 Å². The normalized spacial score (nSPS) is 15.0. The third-order valence-corrected chi connectivity index (χ3v) is 6.38. The Bertz CT molecular complexity index is 1010. The molecule has 0 bridgehead atoms. The standard InChI is InChI=1S/C24H30ClN3O3/c1-4-27(5-2)24(31)20-15-28(17-10-6-7-11-17)14-19(22(20)29)23(30)26-16(3)18-12-8-9-13-21(18)25/h8-9,12-17H,4-7,10-11H2,1-3H3,(H,26,30)/t16-/m0/s1. The highest BCUT2D eigenvalue weighted by molar-refractivity contribution is 6.31. The van der Waals surface area contributed by atoms with Gasteiger partial charge in [-0.1, -0.05) is 42.6 Å². The number of carbonyl (C=O) groups excluding carboxylic acids is 2. The molecule has 1 fully saturated rings. The molecule has 2 amide bonds. The number of aromatic nitrogens is 1. The molecule has 1 aromatic carbocycles. The monoisotopic (exact) mass is 443 g/mol. The highest BCUT2D eigenvalue weighted by Gasteiger charge is 2.26. The summed E-state index contributed by atoms with van der Waals surface area (Å²) < 4.78 is 1.89. The van der Waals surface area contributed by atoms with E-state index in [1.54, 1.807) is 23.4 Å². The minimum atomic E-state index is -0.532. The van der Waals surface area contributed by atoms with E-state index in [4.69, 9.17) is 11.6 Å². The highest BCUT2D eigenvalue weighted by atomic mass is 35.5. The maximum atomic E-state index is 13.2. The molecule has 0 radical (unpaired) electrons. The van der Waals surface area contributed by atoms with Crippen LogP contribution in [0.15, 0.2) is 41.5 Å². The molecular weight excluding hydrogens is 414 g/mol. The average molecular weight is 444 g/mol. The van der Waals surface area contributed by atoms with E-state index >= 15 is 0 Å². The molecule has 0 saturated heterocycles. The predicted molar refractivity (Wildman–Crippen MR) is 123 cm³/mol. The van der Waals surface area contributed by atoms with Crippen LogP contribution in [-0.2, 0) is 0 Å². The van der Waals surface area contributed by atoms with Gasteiger partial charge in [-0.15, -0.1) is 0 Å². The predicted octanol–water partition coefficient (Wildman–Crippen LogP) is 4.59. The van der Waals surface area contributed by atoms with Gasteiger partial charge in [-0.05, 0) is 45.2 Å². The fourth-order valence-corrected chi connectivity index (χ4v) is 4.48. The molecular formula is C24H30ClN3O3. The van der Waals surface area contributed by atoms with Gasteiger partial charge in [0, 0.05) is 36.5 Å². The summed E-state index contributed by atoms with van der Waals surface area (Å²) in [5, 5.41) is 3.42. The van der Waals surface area contributed by atoms with E-state index in [0.29, 0.717) is 18.1 Å². The third-order valence-electron chi connectivity index (χ3n) is 6.04. The van der Waals surface area contributed by atoms with Gasteiger partial charge in [-0.2, -0.15) is 0 Å². The van der Waals surface area contributed by atoms with Crippen molar-refractivity contribution in [1.29, 1.82) is 0 Å². The van der Waals surface area contributed by atoms with Gasteiger partial charge in [0.1, 0.15) is 11.1 Å². The van der Waals surface area contributed by atoms with Crippen molar-refractivity contribution < 1.29 is 9.59 Å². The Balaban J connectivity index is 1.99. The quantitative estimate of drug-likeness (QED) is 0.680. The number of hydrogen-bond donors (Lipinski definition) is 1. The van der Waals surface area contributed by atoms with E-state index in [2.05, 4.69) is 5.32 Å². The Hall–Kier alpha value is -2.60. The fourth-order valence-electron chi connectivity index (χ4n) is 4.18. The van der Waals surface area contributed by atoms with Crippen molar-refractivity contribution >= 4 is 23.4 Å². The van der Waals surface area contributed by atoms with E-state index in [1.807, 2.05) is 43.5 Å². The Kier molecular flexibility index (Phi) is 7.55. The van der Waals surface area contributed by atoms with Gasteiger partial charge < -0.3 is 14.8 Å². The van der Waals surface area contributed by atoms with Gasteiger partial charge in [-0.25, -0.2) is 0 Å². The summed E-state index contributed by atoms with van der Waals surface area (Å²) in [6.45, 7) is 6.56. The van der Waals surface area contributed by atoms with E-state index in [0.717, 1.165) is 31.2 Å². The number of amides is 2. The molecule has 1 atom stereocenters. The zero-order valence-electron chi connectivity index (χ0n) is 18.4. The van der Waals surface area contributed by atoms with Crippen molar-refractivity contribution in [2.75, 3.05) is 13.1 Å². The first-order chi connectivity index (χ1) is 14.9. The molecule has 1 heterocycles. The Morgan fingerprint density at radius 2 is 1.74 bits per heavy atom. The van der Waals surface area contributed by atoms with Gasteiger partial charge in [0.25, 0.3) is 11.8 Å². The van der Waals surface area contributed by atoms with Crippen molar-refractivity contribution in [2.24, 2.45) is 0 Å². The summed E-state index contributed by atoms with van der Waals surface area (Å²) in [5.74, 6) is -0.839. The molecule has 7 heteroatoms. The van der Waals surface area contributed by atoms with Crippen LogP contribution in [0.25, 0.3) is 0 Å². The molecule has 1 saturated carbocycles. The van der Waals surface area contributed by atoms with Crippen molar-refractivity contribution in [1.82, 2.24) is 14.8 Å². The van der Waals surface area contributed by atoms with Gasteiger partial charge in [-0.3, -0.25) is 14.4 Å². The second-order valence-corrected chi connectivity index (χ2v) is 8.40. The topological polar surface area (TPSA) is 71.4 Å². The van der Waals surface area contributed by atoms with Crippen LogP contribution in [0.1, 0.15) is 84.8 Å². The van der Waals surface area contributed by atoms with Gasteiger partial charge in [0.05, 0.1) is 6.04 Å². The fraction of sp³-hybridized carbons (Fsp3) is 0.458. The summed E-state index contributed by atoms with van der Waals surface area (Å²) >= 11 is 6.26. The summed E-state index contributed by atoms with van der Waals surface area (Å²) in [6.07, 6.45) is 7.37. The lowest BCUT2D eigenvalue weighted by molar-refractivity contribution is 0.0770. The summed E-state index contributed by atoms with van der Waals surface area (Å²) in [6, 6.07) is 7.07. The van der Waals surface area contributed by atoms with E-state index in [1.165, 1.54) is 0 Å². The molecule has 166 valence electrons. The van der Waals surface area contributed by atoms with E-state index < -0.39 is 11.3 Å². The van der Waals surface area contributed by atoms with Crippen molar-refractivity contribution in [2.45, 2.75) is 58.5 Å². The molecule has 0 aliphatic heterocycles. The molecule has 2 aromatic rings. The Morgan fingerprint density at radius 3 is 2.35 bits per heavy atom. The number of halogens is 1. The second kappa shape index (κ2) is 10.1. The number of nitrogens with one attached hydrogen (secondary N) is 1. The minimum absolute atomic E-state index is 0.0104. The molecule has 3 rings (SSSR count). The lowest BCUT2D eigenvalue weighted by Gasteiger charge is -2.22. The van der Waals surface area contributed by atoms with Gasteiger partial charge in [0.2, 0.25) is 5.43 Å². The van der Waals surface area contributed by atoms with Gasteiger partial charge in [0.15, 0.2) is 0 Å². The van der Waals surface area contributed by atoms with Crippen LogP contribution in [0.4, 0.5) is 0 Å². The number of benzene rings is 1. The van der Waals surface area contributed by atoms with Crippen LogP contribution in [0.2, 0.25) is 5.02 Å². The number of carbonyl (C=O) groups is 2. The summed E-state index contributed by atoms with van der Waals surface area (Å²) in [5.41, 5.74) is 0.275. The summed E-state index contributed by atoms with van der Waals surface area (Å²) in [7, 11) is 0. The van der Waals surface area contributed by atoms with Gasteiger partial charge >= 0.3 is 0 Å². The first kappa shape index (κ1) is 23.1. The van der Waals surface area contributed by atoms with Crippen molar-refractivity contribution in [3.05, 3.63) is 68.6 Å². The second-order valence-electron chi connectivity index (χ2n) is 7.99. The first-order valence-corrected chi connectivity index (χ1v) is 11.4. The number of nitrogens with zero attached hydrogens (tertiary/aromatic N) is 2. The maximum Gasteiger partial charge on any atom is 0.259 e. The highest BCUT2D eigenvalue weighted by Crippen LogP contribution is 2.29. The lowest BCUT2D eigenvalue weighted by atomic mass is 10.1. The number of pyridine rings is 1. The molecule has 0 spiro atoms. The Morgan fingerprint density at radius 1 is 1.13 bits per heavy atom. The molecule has 6 nitrogen and oxygen atoms in total. The molecule has 1 aromatic heterocycles. The van der Waals surface area contributed by atoms with Crippen LogP contribution in [0, 0.1) is 0 Å². The molecule has 31 heavy (non-hydrogen) atoms. The first-order valence-electron chi connectivity index (χ1n) is 11.0. The zero-order valence-corrected chi connectivity index (χ0v) is 19.1. The van der Waals surface area contributed by atoms with Crippen LogP contribution >= 0.6 is 11.6 Å². The number of rotatable bonds is 7. The van der Waals surface area contributed by atoms with E-state index in [-0.39, 0.29) is 29.1 Å². The van der Waals surface area contributed by atoms with Crippen LogP contribution in [0.3, 0.4) is 0 Å². The van der Waals surface area contributed by atoms with Crippen molar-refractivity contribution in [3.8, 4) is 0 Å². The summed E-state index contributed by atoms with van der Waals surface area (Å²) in [4.78, 5) is 40.9. The molecule has 1 aliphatic rings. The molecule has 0 unspecified atom stereocenters. The lowest BCUT2D eigenvalue weighted by Crippen LogP contribution is -2.38. The largest absolute Gasteiger partial charge is 0.349 e. The van der Waals surface area contributed by atoms with E-state index in [9.17, 15) is 14.4 Å². The Labute approximate surface area is 188 Å². The number of hydrogen-bond acceptors (Lipinski definition) is 3. The minimum Gasteiger partial charge on any atom is -0.349 e. The smallest absolute Gasteiger partial charge is 0.259 e. The third kappa shape index (κ3) is 5.01. The maximum absolute atomic E-state index is 13.2. The SMILES string of the molecule is CCN(CC)C(=O)c1cn(C2CCCC2)cc(C(=O)N[C@@H](C)c2ccccc2Cl)c1=O. The molecule has 1 aliphatic carbocycles.